The van der Waals surface area contributed by atoms with Crippen LogP contribution in [0.2, 0.25) is 0 Å². The first-order valence-electron chi connectivity index (χ1n) is 4.73. The molecule has 0 saturated carbocycles. The standard InChI is InChI=1S/C10H9N3O3S/c1-5-2-3-6-7(4-5)17-10(11-6)12-8(14)9(15)13-16/h2-4,16H,1H3,(H,13,15)(H,11,12,14). The van der Waals surface area contributed by atoms with Crippen LogP contribution in [0.25, 0.3) is 10.2 Å². The number of thiazole rings is 1. The van der Waals surface area contributed by atoms with Crippen molar-refractivity contribution in [3.8, 4) is 0 Å². The third-order valence-electron chi connectivity index (χ3n) is 2.07. The van der Waals surface area contributed by atoms with E-state index < -0.39 is 11.8 Å². The lowest BCUT2D eigenvalue weighted by Crippen LogP contribution is -2.33. The van der Waals surface area contributed by atoms with Gasteiger partial charge in [-0.2, -0.15) is 0 Å². The highest BCUT2D eigenvalue weighted by molar-refractivity contribution is 7.22. The summed E-state index contributed by atoms with van der Waals surface area (Å²) < 4.78 is 0.921. The molecular formula is C10H9N3O3S. The van der Waals surface area contributed by atoms with E-state index in [1.807, 2.05) is 25.1 Å². The number of aromatic nitrogens is 1. The molecule has 0 aliphatic heterocycles. The molecule has 0 aliphatic carbocycles. The van der Waals surface area contributed by atoms with Crippen molar-refractivity contribution in [2.24, 2.45) is 0 Å². The fraction of sp³-hybridized carbons (Fsp3) is 0.100. The number of nitrogens with one attached hydrogen (secondary N) is 2. The molecule has 0 aliphatic rings. The van der Waals surface area contributed by atoms with Gasteiger partial charge in [-0.15, -0.1) is 0 Å². The number of rotatable bonds is 1. The van der Waals surface area contributed by atoms with Gasteiger partial charge in [0.2, 0.25) is 0 Å². The van der Waals surface area contributed by atoms with Gasteiger partial charge in [0.15, 0.2) is 5.13 Å². The van der Waals surface area contributed by atoms with E-state index in [-0.39, 0.29) is 0 Å². The molecule has 1 aromatic heterocycles. The van der Waals surface area contributed by atoms with Gasteiger partial charge >= 0.3 is 11.8 Å². The minimum absolute atomic E-state index is 0.319. The van der Waals surface area contributed by atoms with E-state index in [0.717, 1.165) is 15.8 Å². The highest BCUT2D eigenvalue weighted by atomic mass is 32.1. The Balaban J connectivity index is 2.25. The van der Waals surface area contributed by atoms with E-state index in [4.69, 9.17) is 5.21 Å². The maximum absolute atomic E-state index is 11.2. The van der Waals surface area contributed by atoms with Crippen LogP contribution in [-0.4, -0.2) is 22.0 Å². The van der Waals surface area contributed by atoms with Crippen molar-refractivity contribution in [1.82, 2.24) is 10.5 Å². The molecule has 2 amide bonds. The lowest BCUT2D eigenvalue weighted by Gasteiger charge is -1.97. The van der Waals surface area contributed by atoms with E-state index in [9.17, 15) is 9.59 Å². The molecule has 0 bridgehead atoms. The molecule has 88 valence electrons. The normalized spacial score (nSPS) is 10.2. The van der Waals surface area contributed by atoms with Crippen LogP contribution >= 0.6 is 11.3 Å². The molecule has 1 aromatic carbocycles. The van der Waals surface area contributed by atoms with Crippen LogP contribution in [0.4, 0.5) is 5.13 Å². The average molecular weight is 251 g/mol. The number of hydroxylamine groups is 1. The molecule has 0 radical (unpaired) electrons. The monoisotopic (exact) mass is 251 g/mol. The van der Waals surface area contributed by atoms with Crippen molar-refractivity contribution in [1.29, 1.82) is 0 Å². The molecule has 0 unspecified atom stereocenters. The first kappa shape index (κ1) is 11.5. The molecule has 2 rings (SSSR count). The van der Waals surface area contributed by atoms with Crippen molar-refractivity contribution in [3.63, 3.8) is 0 Å². The van der Waals surface area contributed by atoms with E-state index in [2.05, 4.69) is 10.3 Å². The van der Waals surface area contributed by atoms with Crippen LogP contribution < -0.4 is 10.8 Å². The summed E-state index contributed by atoms with van der Waals surface area (Å²) in [6.07, 6.45) is 0. The minimum Gasteiger partial charge on any atom is -0.293 e. The zero-order valence-corrected chi connectivity index (χ0v) is 9.67. The number of carbonyl (C=O) groups is 2. The molecule has 0 saturated heterocycles. The van der Waals surface area contributed by atoms with E-state index in [1.54, 1.807) is 0 Å². The smallest absolute Gasteiger partial charge is 0.293 e. The van der Waals surface area contributed by atoms with Gasteiger partial charge in [0.05, 0.1) is 10.2 Å². The number of anilines is 1. The molecule has 0 fully saturated rings. The number of hydrogen-bond acceptors (Lipinski definition) is 5. The number of hydrogen-bond donors (Lipinski definition) is 3. The van der Waals surface area contributed by atoms with Crippen LogP contribution in [0.15, 0.2) is 18.2 Å². The van der Waals surface area contributed by atoms with Gasteiger partial charge in [-0.1, -0.05) is 17.4 Å². The van der Waals surface area contributed by atoms with Crippen LogP contribution in [0.1, 0.15) is 5.56 Å². The predicted octanol–water partition coefficient (Wildman–Crippen LogP) is 1.05. The van der Waals surface area contributed by atoms with Gasteiger partial charge < -0.3 is 0 Å². The van der Waals surface area contributed by atoms with Gasteiger partial charge in [0, 0.05) is 0 Å². The maximum Gasteiger partial charge on any atom is 0.333 e. The van der Waals surface area contributed by atoms with E-state index >= 15 is 0 Å². The van der Waals surface area contributed by atoms with Crippen molar-refractivity contribution in [2.45, 2.75) is 6.92 Å². The fourth-order valence-corrected chi connectivity index (χ4v) is 2.25. The Kier molecular flexibility index (Phi) is 3.03. The molecule has 0 spiro atoms. The summed E-state index contributed by atoms with van der Waals surface area (Å²) in [6.45, 7) is 1.95. The summed E-state index contributed by atoms with van der Waals surface area (Å²) >= 11 is 1.26. The van der Waals surface area contributed by atoms with E-state index in [0.29, 0.717) is 5.13 Å². The third-order valence-corrected chi connectivity index (χ3v) is 3.01. The van der Waals surface area contributed by atoms with Crippen molar-refractivity contribution < 1.29 is 14.8 Å². The Morgan fingerprint density at radius 2 is 2.12 bits per heavy atom. The summed E-state index contributed by atoms with van der Waals surface area (Å²) in [4.78, 5) is 26.1. The lowest BCUT2D eigenvalue weighted by atomic mass is 10.2. The molecule has 3 N–H and O–H groups in total. The molecular weight excluding hydrogens is 242 g/mol. The molecule has 2 aromatic rings. The van der Waals surface area contributed by atoms with Crippen LogP contribution in [-0.2, 0) is 9.59 Å². The Labute approximate surface area is 100 Å². The third kappa shape index (κ3) is 2.40. The van der Waals surface area contributed by atoms with Crippen LogP contribution in [0.3, 0.4) is 0 Å². The molecule has 1 heterocycles. The predicted molar refractivity (Wildman–Crippen MR) is 62.9 cm³/mol. The van der Waals surface area contributed by atoms with Crippen LogP contribution in [0.5, 0.6) is 0 Å². The summed E-state index contributed by atoms with van der Waals surface area (Å²) in [5, 5.41) is 10.9. The molecule has 17 heavy (non-hydrogen) atoms. The summed E-state index contributed by atoms with van der Waals surface area (Å²) in [6, 6.07) is 5.69. The Hall–Kier alpha value is -1.99. The number of aryl methyl sites for hydroxylation is 1. The minimum atomic E-state index is -1.12. The number of fused-ring (bicyclic) bond motifs is 1. The molecule has 6 nitrogen and oxygen atoms in total. The van der Waals surface area contributed by atoms with Crippen molar-refractivity contribution in [2.75, 3.05) is 5.32 Å². The van der Waals surface area contributed by atoms with Gasteiger partial charge in [0.1, 0.15) is 0 Å². The SMILES string of the molecule is Cc1ccc2nc(NC(=O)C(=O)NO)sc2c1. The van der Waals surface area contributed by atoms with Gasteiger partial charge in [-0.3, -0.25) is 20.1 Å². The van der Waals surface area contributed by atoms with Crippen molar-refractivity contribution in [3.05, 3.63) is 23.8 Å². The number of amides is 2. The second-order valence-corrected chi connectivity index (χ2v) is 4.42. The highest BCUT2D eigenvalue weighted by Crippen LogP contribution is 2.26. The molecule has 7 heteroatoms. The molecule has 0 atom stereocenters. The van der Waals surface area contributed by atoms with Crippen LogP contribution in [0, 0.1) is 6.92 Å². The number of benzene rings is 1. The zero-order chi connectivity index (χ0) is 12.4. The fourth-order valence-electron chi connectivity index (χ4n) is 1.29. The first-order chi connectivity index (χ1) is 8.10. The number of carbonyl (C=O) groups excluding carboxylic acids is 2. The Bertz CT molecular complexity index is 593. The van der Waals surface area contributed by atoms with Gasteiger partial charge in [-0.25, -0.2) is 10.5 Å². The largest absolute Gasteiger partial charge is 0.333 e. The highest BCUT2D eigenvalue weighted by Gasteiger charge is 2.14. The van der Waals surface area contributed by atoms with Gasteiger partial charge in [0.25, 0.3) is 0 Å². The van der Waals surface area contributed by atoms with Gasteiger partial charge in [-0.05, 0) is 24.6 Å². The zero-order valence-electron chi connectivity index (χ0n) is 8.85. The second-order valence-electron chi connectivity index (χ2n) is 3.39. The quantitative estimate of drug-likeness (QED) is 0.401. The summed E-state index contributed by atoms with van der Waals surface area (Å²) in [7, 11) is 0. The number of nitrogens with zero attached hydrogens (tertiary/aromatic N) is 1. The maximum atomic E-state index is 11.2. The summed E-state index contributed by atoms with van der Waals surface area (Å²) in [5.74, 6) is -2.08. The van der Waals surface area contributed by atoms with E-state index in [1.165, 1.54) is 16.8 Å². The lowest BCUT2D eigenvalue weighted by molar-refractivity contribution is -0.141. The Morgan fingerprint density at radius 1 is 1.35 bits per heavy atom. The first-order valence-corrected chi connectivity index (χ1v) is 5.54. The Morgan fingerprint density at radius 3 is 2.82 bits per heavy atom. The summed E-state index contributed by atoms with van der Waals surface area (Å²) in [5.41, 5.74) is 3.09. The average Bonchev–Trinajstić information content (AvgIpc) is 2.69. The van der Waals surface area contributed by atoms with Crippen molar-refractivity contribution >= 4 is 38.5 Å². The topological polar surface area (TPSA) is 91.3 Å². The second kappa shape index (κ2) is 4.48.